The van der Waals surface area contributed by atoms with Crippen LogP contribution in [0.2, 0.25) is 0 Å². The van der Waals surface area contributed by atoms with Crippen LogP contribution in [-0.4, -0.2) is 11.6 Å². The Balaban J connectivity index is 1.73. The zero-order valence-corrected chi connectivity index (χ0v) is 11.5. The molecule has 98 valence electrons. The molecule has 4 heteroatoms. The van der Waals surface area contributed by atoms with E-state index < -0.39 is 0 Å². The van der Waals surface area contributed by atoms with E-state index in [-0.39, 0.29) is 0 Å². The van der Waals surface area contributed by atoms with Gasteiger partial charge in [0.25, 0.3) is 0 Å². The van der Waals surface area contributed by atoms with Crippen molar-refractivity contribution in [1.29, 1.82) is 0 Å². The summed E-state index contributed by atoms with van der Waals surface area (Å²) in [7, 11) is 0. The van der Waals surface area contributed by atoms with E-state index in [1.54, 1.807) is 11.3 Å². The molecule has 1 atom stereocenters. The molecule has 0 amide bonds. The number of nitrogens with zero attached hydrogens (tertiary/aromatic N) is 1. The van der Waals surface area contributed by atoms with Crippen molar-refractivity contribution in [1.82, 2.24) is 4.98 Å². The van der Waals surface area contributed by atoms with Gasteiger partial charge in [0, 0.05) is 22.9 Å². The summed E-state index contributed by atoms with van der Waals surface area (Å²) in [5.74, 6) is 1.96. The van der Waals surface area contributed by atoms with Gasteiger partial charge in [-0.1, -0.05) is 18.2 Å². The van der Waals surface area contributed by atoms with Gasteiger partial charge in [-0.2, -0.15) is 0 Å². The minimum Gasteiger partial charge on any atom is -0.492 e. The van der Waals surface area contributed by atoms with E-state index in [0.29, 0.717) is 25.0 Å². The van der Waals surface area contributed by atoms with E-state index in [1.807, 2.05) is 12.1 Å². The van der Waals surface area contributed by atoms with Crippen LogP contribution >= 0.6 is 11.3 Å². The van der Waals surface area contributed by atoms with Crippen molar-refractivity contribution >= 4 is 11.3 Å². The smallest absolute Gasteiger partial charge is 0.123 e. The molecule has 0 radical (unpaired) electrons. The van der Waals surface area contributed by atoms with Crippen molar-refractivity contribution in [3.05, 3.63) is 45.4 Å². The van der Waals surface area contributed by atoms with Crippen LogP contribution in [0.4, 0.5) is 0 Å². The predicted molar refractivity (Wildman–Crippen MR) is 75.8 cm³/mol. The Morgan fingerprint density at radius 3 is 2.95 bits per heavy atom. The Morgan fingerprint density at radius 1 is 1.32 bits per heavy atom. The maximum Gasteiger partial charge on any atom is 0.123 e. The van der Waals surface area contributed by atoms with Crippen LogP contribution in [0.1, 0.15) is 45.8 Å². The Hall–Kier alpha value is -1.39. The molecule has 0 saturated heterocycles. The maximum atomic E-state index is 5.86. The summed E-state index contributed by atoms with van der Waals surface area (Å²) in [6, 6.07) is 8.27. The topological polar surface area (TPSA) is 48.1 Å². The second-order valence-electron chi connectivity index (χ2n) is 5.24. The van der Waals surface area contributed by atoms with Gasteiger partial charge in [-0.05, 0) is 18.9 Å². The van der Waals surface area contributed by atoms with Gasteiger partial charge in [0.2, 0.25) is 0 Å². The minimum atomic E-state index is 0.291. The number of hydrogen-bond donors (Lipinski definition) is 1. The third kappa shape index (κ3) is 1.86. The molecule has 1 saturated carbocycles. The van der Waals surface area contributed by atoms with Crippen LogP contribution in [-0.2, 0) is 6.54 Å². The van der Waals surface area contributed by atoms with Crippen LogP contribution in [0.3, 0.4) is 0 Å². The maximum absolute atomic E-state index is 5.86. The fourth-order valence-electron chi connectivity index (χ4n) is 2.72. The lowest BCUT2D eigenvalue weighted by Crippen LogP contribution is -2.02. The van der Waals surface area contributed by atoms with Gasteiger partial charge < -0.3 is 10.5 Å². The first-order valence-corrected chi connectivity index (χ1v) is 7.59. The molecule has 3 nitrogen and oxygen atoms in total. The van der Waals surface area contributed by atoms with Gasteiger partial charge in [0.1, 0.15) is 17.4 Å². The zero-order valence-electron chi connectivity index (χ0n) is 10.6. The monoisotopic (exact) mass is 272 g/mol. The van der Waals surface area contributed by atoms with Crippen LogP contribution in [0.15, 0.2) is 24.3 Å². The lowest BCUT2D eigenvalue weighted by Gasteiger charge is -2.03. The molecule has 1 aliphatic heterocycles. The van der Waals surface area contributed by atoms with Gasteiger partial charge in [0.15, 0.2) is 0 Å². The molecule has 19 heavy (non-hydrogen) atoms. The Bertz CT molecular complexity index is 618. The first-order chi connectivity index (χ1) is 9.36. The van der Waals surface area contributed by atoms with Gasteiger partial charge in [0.05, 0.1) is 11.6 Å². The van der Waals surface area contributed by atoms with Crippen LogP contribution in [0, 0.1) is 0 Å². The molecule has 0 spiro atoms. The number of benzene rings is 1. The molecule has 1 aromatic heterocycles. The molecule has 1 aromatic carbocycles. The molecule has 0 bridgehead atoms. The van der Waals surface area contributed by atoms with Crippen molar-refractivity contribution in [2.24, 2.45) is 5.73 Å². The van der Waals surface area contributed by atoms with Gasteiger partial charge in [-0.3, -0.25) is 0 Å². The molecular formula is C15H16N2OS. The Labute approximate surface area is 116 Å². The highest BCUT2D eigenvalue weighted by Crippen LogP contribution is 2.45. The normalized spacial score (nSPS) is 21.2. The van der Waals surface area contributed by atoms with Crippen molar-refractivity contribution < 1.29 is 4.74 Å². The fraction of sp³-hybridized carbons (Fsp3) is 0.400. The quantitative estimate of drug-likeness (QED) is 0.934. The zero-order chi connectivity index (χ0) is 12.8. The third-order valence-corrected chi connectivity index (χ3v) is 5.10. The molecule has 2 heterocycles. The molecule has 1 unspecified atom stereocenters. The second-order valence-corrected chi connectivity index (χ2v) is 6.36. The van der Waals surface area contributed by atoms with Crippen molar-refractivity contribution in [2.75, 3.05) is 6.61 Å². The van der Waals surface area contributed by atoms with Crippen LogP contribution in [0.5, 0.6) is 5.75 Å². The van der Waals surface area contributed by atoms with E-state index >= 15 is 0 Å². The summed E-state index contributed by atoms with van der Waals surface area (Å²) in [4.78, 5) is 6.15. The number of ether oxygens (including phenoxy) is 1. The number of aromatic nitrogens is 1. The summed E-state index contributed by atoms with van der Waals surface area (Å²) in [6.07, 6.45) is 2.54. The molecule has 2 aliphatic rings. The van der Waals surface area contributed by atoms with Crippen molar-refractivity contribution in [3.63, 3.8) is 0 Å². The summed E-state index contributed by atoms with van der Waals surface area (Å²) in [5, 5.41) is 1.17. The van der Waals surface area contributed by atoms with Crippen LogP contribution in [0.25, 0.3) is 0 Å². The first kappa shape index (κ1) is 11.4. The van der Waals surface area contributed by atoms with E-state index in [0.717, 1.165) is 5.75 Å². The minimum absolute atomic E-state index is 0.291. The van der Waals surface area contributed by atoms with E-state index in [9.17, 15) is 0 Å². The highest BCUT2D eigenvalue weighted by Gasteiger charge is 2.33. The number of thiazole rings is 1. The average molecular weight is 272 g/mol. The van der Waals surface area contributed by atoms with Crippen LogP contribution < -0.4 is 10.5 Å². The third-order valence-electron chi connectivity index (χ3n) is 3.89. The predicted octanol–water partition coefficient (Wildman–Crippen LogP) is 3.00. The summed E-state index contributed by atoms with van der Waals surface area (Å²) in [5.41, 5.74) is 8.38. The SMILES string of the molecule is NCc1sc(C2COc3ccccc32)nc1C1CC1. The molecule has 2 N–H and O–H groups in total. The Kier molecular flexibility index (Phi) is 2.60. The second kappa shape index (κ2) is 4.32. The largest absolute Gasteiger partial charge is 0.492 e. The average Bonchev–Trinajstić information content (AvgIpc) is 3.06. The summed E-state index contributed by atoms with van der Waals surface area (Å²) < 4.78 is 5.76. The Morgan fingerprint density at radius 2 is 2.16 bits per heavy atom. The number of para-hydroxylation sites is 1. The van der Waals surface area contributed by atoms with E-state index in [1.165, 1.54) is 34.0 Å². The van der Waals surface area contributed by atoms with E-state index in [2.05, 4.69) is 12.1 Å². The van der Waals surface area contributed by atoms with E-state index in [4.69, 9.17) is 15.5 Å². The number of hydrogen-bond acceptors (Lipinski definition) is 4. The summed E-state index contributed by atoms with van der Waals surface area (Å²) in [6.45, 7) is 1.32. The highest BCUT2D eigenvalue weighted by atomic mass is 32.1. The first-order valence-electron chi connectivity index (χ1n) is 6.78. The molecule has 2 aromatic rings. The lowest BCUT2D eigenvalue weighted by molar-refractivity contribution is 0.343. The number of nitrogens with two attached hydrogens (primary N) is 1. The molecule has 4 rings (SSSR count). The molecular weight excluding hydrogens is 256 g/mol. The van der Waals surface area contributed by atoms with Crippen molar-refractivity contribution in [3.8, 4) is 5.75 Å². The lowest BCUT2D eigenvalue weighted by atomic mass is 10.0. The van der Waals surface area contributed by atoms with Gasteiger partial charge in [-0.15, -0.1) is 11.3 Å². The van der Waals surface area contributed by atoms with Gasteiger partial charge >= 0.3 is 0 Å². The van der Waals surface area contributed by atoms with Gasteiger partial charge in [-0.25, -0.2) is 4.98 Å². The summed E-state index contributed by atoms with van der Waals surface area (Å²) >= 11 is 1.77. The standard InChI is InChI=1S/C15H16N2OS/c16-7-13-14(9-5-6-9)17-15(19-13)11-8-18-12-4-2-1-3-10(11)12/h1-4,9,11H,5-8,16H2. The number of rotatable bonds is 3. The molecule has 1 aliphatic carbocycles. The molecule has 1 fully saturated rings. The fourth-order valence-corrected chi connectivity index (χ4v) is 3.85. The number of fused-ring (bicyclic) bond motifs is 1. The highest BCUT2D eigenvalue weighted by molar-refractivity contribution is 7.11. The van der Waals surface area contributed by atoms with Crippen molar-refractivity contribution in [2.45, 2.75) is 31.2 Å².